The van der Waals surface area contributed by atoms with Gasteiger partial charge in [0, 0.05) is 25.0 Å². The molecule has 0 saturated heterocycles. The monoisotopic (exact) mass is 210 g/mol. The Labute approximate surface area is 93.6 Å². The number of hydrogen-bond donors (Lipinski definition) is 1. The largest absolute Gasteiger partial charge is 0.373 e. The number of pyridine rings is 2. The van der Waals surface area contributed by atoms with Crippen molar-refractivity contribution in [1.29, 1.82) is 5.26 Å². The molecule has 0 saturated carbocycles. The molecule has 0 amide bonds. The van der Waals surface area contributed by atoms with Crippen molar-refractivity contribution in [2.75, 3.05) is 12.4 Å². The van der Waals surface area contributed by atoms with Crippen LogP contribution in [0.3, 0.4) is 0 Å². The standard InChI is InChI=1S/C12H10N4/c1-14-12-4-2-3-11(16-12)10-5-9(6-13)7-15-8-10/h2-5,7-8H,1H3,(H,14,16). The zero-order valence-corrected chi connectivity index (χ0v) is 8.81. The van der Waals surface area contributed by atoms with Crippen molar-refractivity contribution < 1.29 is 0 Å². The van der Waals surface area contributed by atoms with Crippen LogP contribution in [0.5, 0.6) is 0 Å². The van der Waals surface area contributed by atoms with Gasteiger partial charge in [-0.1, -0.05) is 6.07 Å². The van der Waals surface area contributed by atoms with Crippen molar-refractivity contribution in [1.82, 2.24) is 9.97 Å². The molecule has 0 unspecified atom stereocenters. The molecule has 0 atom stereocenters. The van der Waals surface area contributed by atoms with Crippen molar-refractivity contribution in [3.63, 3.8) is 0 Å². The lowest BCUT2D eigenvalue weighted by Crippen LogP contribution is -1.93. The molecule has 2 aromatic heterocycles. The zero-order chi connectivity index (χ0) is 11.4. The van der Waals surface area contributed by atoms with Gasteiger partial charge in [0.25, 0.3) is 0 Å². The molecule has 0 spiro atoms. The summed E-state index contributed by atoms with van der Waals surface area (Å²) in [4.78, 5) is 8.38. The fourth-order valence-electron chi connectivity index (χ4n) is 1.38. The van der Waals surface area contributed by atoms with Gasteiger partial charge in [-0.15, -0.1) is 0 Å². The maximum atomic E-state index is 8.79. The van der Waals surface area contributed by atoms with Crippen molar-refractivity contribution in [3.05, 3.63) is 42.2 Å². The summed E-state index contributed by atoms with van der Waals surface area (Å²) in [7, 11) is 1.82. The molecule has 0 fully saturated rings. The van der Waals surface area contributed by atoms with E-state index < -0.39 is 0 Å². The van der Waals surface area contributed by atoms with E-state index in [9.17, 15) is 0 Å². The van der Waals surface area contributed by atoms with Gasteiger partial charge in [0.2, 0.25) is 0 Å². The average Bonchev–Trinajstić information content (AvgIpc) is 2.39. The number of nitriles is 1. The van der Waals surface area contributed by atoms with E-state index >= 15 is 0 Å². The Balaban J connectivity index is 2.46. The van der Waals surface area contributed by atoms with E-state index in [1.165, 1.54) is 6.20 Å². The maximum Gasteiger partial charge on any atom is 0.126 e. The Morgan fingerprint density at radius 2 is 2.19 bits per heavy atom. The molecular formula is C12H10N4. The third kappa shape index (κ3) is 1.98. The SMILES string of the molecule is CNc1cccc(-c2cncc(C#N)c2)n1. The zero-order valence-electron chi connectivity index (χ0n) is 8.81. The first kappa shape index (κ1) is 10.1. The summed E-state index contributed by atoms with van der Waals surface area (Å²) in [6.45, 7) is 0. The van der Waals surface area contributed by atoms with Gasteiger partial charge in [-0.25, -0.2) is 4.98 Å². The van der Waals surface area contributed by atoms with E-state index in [0.717, 1.165) is 17.1 Å². The Bertz CT molecular complexity index is 543. The van der Waals surface area contributed by atoms with Gasteiger partial charge in [-0.2, -0.15) is 5.26 Å². The van der Waals surface area contributed by atoms with Crippen LogP contribution >= 0.6 is 0 Å². The van der Waals surface area contributed by atoms with E-state index in [1.54, 1.807) is 12.3 Å². The molecule has 0 bridgehead atoms. The minimum absolute atomic E-state index is 0.536. The first-order valence-electron chi connectivity index (χ1n) is 4.84. The molecule has 0 aliphatic carbocycles. The highest BCUT2D eigenvalue weighted by Crippen LogP contribution is 2.18. The van der Waals surface area contributed by atoms with Gasteiger partial charge in [0.15, 0.2) is 0 Å². The Morgan fingerprint density at radius 3 is 2.94 bits per heavy atom. The Kier molecular flexibility index (Phi) is 2.79. The van der Waals surface area contributed by atoms with Crippen LogP contribution in [-0.4, -0.2) is 17.0 Å². The average molecular weight is 210 g/mol. The smallest absolute Gasteiger partial charge is 0.126 e. The van der Waals surface area contributed by atoms with Crippen LogP contribution < -0.4 is 5.32 Å². The van der Waals surface area contributed by atoms with Crippen LogP contribution in [0.4, 0.5) is 5.82 Å². The van der Waals surface area contributed by atoms with Crippen LogP contribution in [0.15, 0.2) is 36.7 Å². The van der Waals surface area contributed by atoms with Crippen LogP contribution in [0.2, 0.25) is 0 Å². The third-order valence-electron chi connectivity index (χ3n) is 2.17. The molecule has 0 aromatic carbocycles. The second kappa shape index (κ2) is 4.41. The number of nitrogens with one attached hydrogen (secondary N) is 1. The number of hydrogen-bond acceptors (Lipinski definition) is 4. The summed E-state index contributed by atoms with van der Waals surface area (Å²) < 4.78 is 0. The molecule has 2 aromatic rings. The van der Waals surface area contributed by atoms with E-state index in [-0.39, 0.29) is 0 Å². The van der Waals surface area contributed by atoms with Gasteiger partial charge >= 0.3 is 0 Å². The Hall–Kier alpha value is -2.41. The van der Waals surface area contributed by atoms with E-state index in [4.69, 9.17) is 5.26 Å². The molecule has 4 nitrogen and oxygen atoms in total. The van der Waals surface area contributed by atoms with Crippen LogP contribution in [0.25, 0.3) is 11.3 Å². The van der Waals surface area contributed by atoms with Gasteiger partial charge in [0.05, 0.1) is 11.3 Å². The van der Waals surface area contributed by atoms with E-state index in [1.807, 2.05) is 25.2 Å². The van der Waals surface area contributed by atoms with Crippen molar-refractivity contribution in [2.45, 2.75) is 0 Å². The normalized spacial score (nSPS) is 9.50. The minimum atomic E-state index is 0.536. The summed E-state index contributed by atoms with van der Waals surface area (Å²) in [5.41, 5.74) is 2.18. The van der Waals surface area contributed by atoms with Crippen molar-refractivity contribution >= 4 is 5.82 Å². The van der Waals surface area contributed by atoms with Crippen LogP contribution in [0.1, 0.15) is 5.56 Å². The molecule has 78 valence electrons. The predicted molar refractivity (Wildman–Crippen MR) is 61.7 cm³/mol. The topological polar surface area (TPSA) is 61.6 Å². The van der Waals surface area contributed by atoms with E-state index in [0.29, 0.717) is 5.56 Å². The second-order valence-corrected chi connectivity index (χ2v) is 3.23. The fourth-order valence-corrected chi connectivity index (χ4v) is 1.38. The third-order valence-corrected chi connectivity index (χ3v) is 2.17. The number of anilines is 1. The molecule has 4 heteroatoms. The second-order valence-electron chi connectivity index (χ2n) is 3.23. The highest BCUT2D eigenvalue weighted by atomic mass is 15.0. The number of aromatic nitrogens is 2. The summed E-state index contributed by atoms with van der Waals surface area (Å²) in [6.07, 6.45) is 3.23. The molecular weight excluding hydrogens is 200 g/mol. The van der Waals surface area contributed by atoms with Crippen molar-refractivity contribution in [2.24, 2.45) is 0 Å². The first-order valence-corrected chi connectivity index (χ1v) is 4.84. The molecule has 0 aliphatic rings. The van der Waals surface area contributed by atoms with Crippen LogP contribution in [-0.2, 0) is 0 Å². The molecule has 1 N–H and O–H groups in total. The number of rotatable bonds is 2. The minimum Gasteiger partial charge on any atom is -0.373 e. The lowest BCUT2D eigenvalue weighted by molar-refractivity contribution is 1.25. The molecule has 2 rings (SSSR count). The van der Waals surface area contributed by atoms with Crippen molar-refractivity contribution in [3.8, 4) is 17.3 Å². The lowest BCUT2D eigenvalue weighted by atomic mass is 10.1. The van der Waals surface area contributed by atoms with Gasteiger partial charge < -0.3 is 5.32 Å². The predicted octanol–water partition coefficient (Wildman–Crippen LogP) is 2.06. The quantitative estimate of drug-likeness (QED) is 0.824. The Morgan fingerprint density at radius 1 is 1.31 bits per heavy atom. The highest BCUT2D eigenvalue weighted by Gasteiger charge is 2.01. The summed E-state index contributed by atoms with van der Waals surface area (Å²) in [5, 5.41) is 11.8. The maximum absolute atomic E-state index is 8.79. The molecule has 16 heavy (non-hydrogen) atoms. The van der Waals surface area contributed by atoms with Gasteiger partial charge in [0.1, 0.15) is 11.9 Å². The van der Waals surface area contributed by atoms with Gasteiger partial charge in [-0.3, -0.25) is 4.98 Å². The van der Waals surface area contributed by atoms with Crippen LogP contribution in [0, 0.1) is 11.3 Å². The first-order chi connectivity index (χ1) is 7.83. The highest BCUT2D eigenvalue weighted by molar-refractivity contribution is 5.61. The molecule has 0 radical (unpaired) electrons. The molecule has 0 aliphatic heterocycles. The molecule has 2 heterocycles. The summed E-state index contributed by atoms with van der Waals surface area (Å²) >= 11 is 0. The summed E-state index contributed by atoms with van der Waals surface area (Å²) in [6, 6.07) is 9.51. The van der Waals surface area contributed by atoms with Gasteiger partial charge in [-0.05, 0) is 18.2 Å². The summed E-state index contributed by atoms with van der Waals surface area (Å²) in [5.74, 6) is 0.792. The fraction of sp³-hybridized carbons (Fsp3) is 0.0833. The number of nitrogens with zero attached hydrogens (tertiary/aromatic N) is 3. The lowest BCUT2D eigenvalue weighted by Gasteiger charge is -2.03. The van der Waals surface area contributed by atoms with E-state index in [2.05, 4.69) is 21.4 Å².